The van der Waals surface area contributed by atoms with Crippen LogP contribution in [0.2, 0.25) is 0 Å². The first-order valence-corrected chi connectivity index (χ1v) is 7.44. The predicted octanol–water partition coefficient (Wildman–Crippen LogP) is 0.762. The Kier molecular flexibility index (Phi) is 3.94. The van der Waals surface area contributed by atoms with Gasteiger partial charge < -0.3 is 10.2 Å². The van der Waals surface area contributed by atoms with Crippen LogP contribution in [0, 0.1) is 0 Å². The molecule has 0 bridgehead atoms. The van der Waals surface area contributed by atoms with Gasteiger partial charge in [0.05, 0.1) is 11.3 Å². The molecule has 2 rings (SSSR count). The summed E-state index contributed by atoms with van der Waals surface area (Å²) in [5.74, 6) is 0. The summed E-state index contributed by atoms with van der Waals surface area (Å²) in [6, 6.07) is 2.62. The van der Waals surface area contributed by atoms with Gasteiger partial charge >= 0.3 is 6.18 Å². The van der Waals surface area contributed by atoms with E-state index in [1.54, 1.807) is 4.90 Å². The summed E-state index contributed by atoms with van der Waals surface area (Å²) in [4.78, 5) is 1.21. The minimum Gasteiger partial charge on any atom is -0.368 e. The number of nitrogens with one attached hydrogen (secondary N) is 1. The van der Waals surface area contributed by atoms with Gasteiger partial charge in [-0.2, -0.15) is 13.2 Å². The monoisotopic (exact) mass is 309 g/mol. The molecule has 0 saturated carbocycles. The maximum Gasteiger partial charge on any atom is 0.416 e. The number of hydrogen-bond donors (Lipinski definition) is 2. The van der Waals surface area contributed by atoms with Crippen molar-refractivity contribution in [1.82, 2.24) is 5.32 Å². The fraction of sp³-hybridized carbons (Fsp3) is 0.455. The lowest BCUT2D eigenvalue weighted by Gasteiger charge is -2.31. The molecule has 0 aromatic heterocycles. The minimum atomic E-state index is -4.61. The van der Waals surface area contributed by atoms with Crippen LogP contribution in [0.4, 0.5) is 18.9 Å². The number of nitrogens with two attached hydrogens (primary N) is 1. The molecule has 20 heavy (non-hydrogen) atoms. The molecule has 1 aliphatic rings. The van der Waals surface area contributed by atoms with Crippen LogP contribution in [0.5, 0.6) is 0 Å². The Morgan fingerprint density at radius 1 is 1.20 bits per heavy atom. The van der Waals surface area contributed by atoms with Gasteiger partial charge in [0.1, 0.15) is 4.90 Å². The lowest BCUT2D eigenvalue weighted by molar-refractivity contribution is -0.137. The average Bonchev–Trinajstić information content (AvgIpc) is 2.37. The fourth-order valence-electron chi connectivity index (χ4n) is 2.09. The molecule has 0 spiro atoms. The number of primary sulfonamides is 1. The largest absolute Gasteiger partial charge is 0.416 e. The van der Waals surface area contributed by atoms with Gasteiger partial charge in [-0.05, 0) is 18.2 Å². The number of sulfonamides is 1. The molecule has 0 unspecified atom stereocenters. The maximum atomic E-state index is 12.7. The summed E-state index contributed by atoms with van der Waals surface area (Å²) >= 11 is 0. The van der Waals surface area contributed by atoms with Crippen molar-refractivity contribution in [3.63, 3.8) is 0 Å². The van der Waals surface area contributed by atoms with E-state index >= 15 is 0 Å². The van der Waals surface area contributed by atoms with E-state index in [1.807, 2.05) is 0 Å². The number of alkyl halides is 3. The van der Waals surface area contributed by atoms with E-state index in [2.05, 4.69) is 5.32 Å². The normalized spacial score (nSPS) is 17.3. The van der Waals surface area contributed by atoms with E-state index in [4.69, 9.17) is 5.14 Å². The van der Waals surface area contributed by atoms with E-state index in [9.17, 15) is 21.6 Å². The first kappa shape index (κ1) is 15.1. The van der Waals surface area contributed by atoms with E-state index in [1.165, 1.54) is 0 Å². The van der Waals surface area contributed by atoms with Gasteiger partial charge in [0, 0.05) is 26.2 Å². The average molecular weight is 309 g/mol. The Bertz CT molecular complexity index is 595. The molecule has 0 amide bonds. The molecule has 1 saturated heterocycles. The third-order valence-corrected chi connectivity index (χ3v) is 3.99. The van der Waals surface area contributed by atoms with Crippen LogP contribution in [-0.4, -0.2) is 34.6 Å². The molecule has 0 atom stereocenters. The summed E-state index contributed by atoms with van der Waals surface area (Å²) < 4.78 is 61.1. The van der Waals surface area contributed by atoms with E-state index in [0.717, 1.165) is 12.1 Å². The summed E-state index contributed by atoms with van der Waals surface area (Å²) in [6.07, 6.45) is -4.61. The molecule has 1 aromatic rings. The minimum absolute atomic E-state index is 0.210. The van der Waals surface area contributed by atoms with Gasteiger partial charge in [0.15, 0.2) is 0 Å². The Hall–Kier alpha value is -1.32. The Morgan fingerprint density at radius 3 is 2.30 bits per heavy atom. The van der Waals surface area contributed by atoms with Gasteiger partial charge in [0.2, 0.25) is 10.0 Å². The maximum absolute atomic E-state index is 12.7. The predicted molar refractivity (Wildman–Crippen MR) is 67.9 cm³/mol. The van der Waals surface area contributed by atoms with E-state index in [-0.39, 0.29) is 5.69 Å². The molecule has 5 nitrogen and oxygen atoms in total. The number of piperazine rings is 1. The Balaban J connectivity index is 2.51. The second-order valence-electron chi connectivity index (χ2n) is 4.46. The third kappa shape index (κ3) is 3.22. The van der Waals surface area contributed by atoms with Crippen molar-refractivity contribution in [3.05, 3.63) is 23.8 Å². The van der Waals surface area contributed by atoms with Crippen molar-refractivity contribution < 1.29 is 21.6 Å². The number of halogens is 3. The molecule has 1 aliphatic heterocycles. The van der Waals surface area contributed by atoms with Crippen molar-refractivity contribution in [3.8, 4) is 0 Å². The molecule has 3 N–H and O–H groups in total. The number of anilines is 1. The third-order valence-electron chi connectivity index (χ3n) is 3.05. The zero-order valence-corrected chi connectivity index (χ0v) is 11.3. The number of rotatable bonds is 2. The van der Waals surface area contributed by atoms with Crippen molar-refractivity contribution in [2.45, 2.75) is 11.1 Å². The van der Waals surface area contributed by atoms with Gasteiger partial charge in [-0.15, -0.1) is 0 Å². The van der Waals surface area contributed by atoms with Crippen LogP contribution in [0.1, 0.15) is 5.56 Å². The van der Waals surface area contributed by atoms with Crippen molar-refractivity contribution >= 4 is 15.7 Å². The molecular formula is C11H14F3N3O2S. The standard InChI is InChI=1S/C11H14F3N3O2S/c12-11(13,14)8-1-2-9(10(7-8)20(15,18)19)17-5-3-16-4-6-17/h1-2,7,16H,3-6H2,(H2,15,18,19). The van der Waals surface area contributed by atoms with Gasteiger partial charge in [-0.3, -0.25) is 0 Å². The number of nitrogens with zero attached hydrogens (tertiary/aromatic N) is 1. The highest BCUT2D eigenvalue weighted by Crippen LogP contribution is 2.34. The second kappa shape index (κ2) is 5.23. The lowest BCUT2D eigenvalue weighted by Crippen LogP contribution is -2.44. The highest BCUT2D eigenvalue weighted by molar-refractivity contribution is 7.89. The highest BCUT2D eigenvalue weighted by Gasteiger charge is 2.33. The van der Waals surface area contributed by atoms with E-state index < -0.39 is 26.7 Å². The molecular weight excluding hydrogens is 295 g/mol. The Labute approximate surface area is 114 Å². The van der Waals surface area contributed by atoms with Gasteiger partial charge in [0.25, 0.3) is 0 Å². The van der Waals surface area contributed by atoms with Crippen LogP contribution < -0.4 is 15.4 Å². The Morgan fingerprint density at radius 2 is 1.80 bits per heavy atom. The first-order valence-electron chi connectivity index (χ1n) is 5.89. The topological polar surface area (TPSA) is 75.4 Å². The summed E-state index contributed by atoms with van der Waals surface area (Å²) in [5.41, 5.74) is -0.817. The zero-order valence-electron chi connectivity index (χ0n) is 10.4. The summed E-state index contributed by atoms with van der Waals surface area (Å²) in [5, 5.41) is 8.11. The smallest absolute Gasteiger partial charge is 0.368 e. The fourth-order valence-corrected chi connectivity index (χ4v) is 2.87. The van der Waals surface area contributed by atoms with Crippen LogP contribution in [0.25, 0.3) is 0 Å². The van der Waals surface area contributed by atoms with Crippen LogP contribution >= 0.6 is 0 Å². The molecule has 0 radical (unpaired) electrons. The van der Waals surface area contributed by atoms with Gasteiger partial charge in [-0.25, -0.2) is 13.6 Å². The molecule has 0 aliphatic carbocycles. The molecule has 1 aromatic carbocycles. The molecule has 1 fully saturated rings. The first-order chi connectivity index (χ1) is 9.19. The quantitative estimate of drug-likeness (QED) is 0.846. The van der Waals surface area contributed by atoms with Crippen molar-refractivity contribution in [2.24, 2.45) is 5.14 Å². The number of hydrogen-bond acceptors (Lipinski definition) is 4. The van der Waals surface area contributed by atoms with Crippen LogP contribution in [0.15, 0.2) is 23.1 Å². The van der Waals surface area contributed by atoms with Gasteiger partial charge in [-0.1, -0.05) is 0 Å². The zero-order chi connectivity index (χ0) is 15.0. The highest BCUT2D eigenvalue weighted by atomic mass is 32.2. The van der Waals surface area contributed by atoms with Crippen LogP contribution in [0.3, 0.4) is 0 Å². The lowest BCUT2D eigenvalue weighted by atomic mass is 10.1. The second-order valence-corrected chi connectivity index (χ2v) is 5.99. The molecule has 1 heterocycles. The summed E-state index contributed by atoms with van der Waals surface area (Å²) in [6.45, 7) is 2.28. The summed E-state index contributed by atoms with van der Waals surface area (Å²) in [7, 11) is -4.23. The molecule has 112 valence electrons. The van der Waals surface area contributed by atoms with E-state index in [0.29, 0.717) is 32.2 Å². The molecule has 9 heteroatoms. The van der Waals surface area contributed by atoms with Crippen LogP contribution in [-0.2, 0) is 16.2 Å². The van der Waals surface area contributed by atoms with Crippen molar-refractivity contribution in [2.75, 3.05) is 31.1 Å². The van der Waals surface area contributed by atoms with Crippen molar-refractivity contribution in [1.29, 1.82) is 0 Å². The number of benzene rings is 1. The SMILES string of the molecule is NS(=O)(=O)c1cc(C(F)(F)F)ccc1N1CCNCC1.